The van der Waals surface area contributed by atoms with Crippen molar-refractivity contribution in [2.75, 3.05) is 24.2 Å². The Morgan fingerprint density at radius 1 is 1.20 bits per heavy atom. The van der Waals surface area contributed by atoms with E-state index >= 15 is 0 Å². The first-order chi connectivity index (χ1) is 16.3. The Morgan fingerprint density at radius 2 is 1.83 bits per heavy atom. The molecule has 35 heavy (non-hydrogen) atoms. The second kappa shape index (κ2) is 12.2. The average molecular weight is 510 g/mol. The molecule has 0 aliphatic rings. The minimum atomic E-state index is -3.65. The van der Waals surface area contributed by atoms with Crippen LogP contribution in [0.15, 0.2) is 30.3 Å². The van der Waals surface area contributed by atoms with E-state index in [-0.39, 0.29) is 31.3 Å². The fourth-order valence-electron chi connectivity index (χ4n) is 3.26. The van der Waals surface area contributed by atoms with Crippen molar-refractivity contribution < 1.29 is 32.6 Å². The molecule has 2 unspecified atom stereocenters. The van der Waals surface area contributed by atoms with E-state index in [1.54, 1.807) is 13.0 Å². The Labute approximate surface area is 205 Å². The van der Waals surface area contributed by atoms with Crippen molar-refractivity contribution in [3.63, 3.8) is 0 Å². The standard InChI is InChI=1S/C24H32FN3O6S/c1-6-34-21(31)14-19(30)13-18(29)11-12-20-22(15(2)3)26-24(28(4)35(5,32)33)27-23(20)16-7-9-17(25)10-8-16/h7-12,15,18-19,29-30H,6,13-14H2,1-5H3/b12-11+. The molecule has 11 heteroatoms. The molecule has 2 N–H and O–H groups in total. The second-order valence-corrected chi connectivity index (χ2v) is 10.4. The molecule has 0 aliphatic heterocycles. The van der Waals surface area contributed by atoms with Gasteiger partial charge in [-0.15, -0.1) is 0 Å². The van der Waals surface area contributed by atoms with Crippen molar-refractivity contribution in [3.05, 3.63) is 47.4 Å². The number of anilines is 1. The Hall–Kier alpha value is -2.89. The van der Waals surface area contributed by atoms with Gasteiger partial charge in [0.2, 0.25) is 16.0 Å². The van der Waals surface area contributed by atoms with Crippen LogP contribution in [0.3, 0.4) is 0 Å². The molecule has 0 bridgehead atoms. The number of carbonyl (C=O) groups excluding carboxylic acids is 1. The summed E-state index contributed by atoms with van der Waals surface area (Å²) in [6.45, 7) is 5.60. The van der Waals surface area contributed by atoms with E-state index in [0.29, 0.717) is 22.5 Å². The van der Waals surface area contributed by atoms with Gasteiger partial charge in [-0.2, -0.15) is 0 Å². The molecule has 2 aromatic rings. The minimum absolute atomic E-state index is 0.0434. The quantitative estimate of drug-likeness (QED) is 0.442. The van der Waals surface area contributed by atoms with E-state index in [1.165, 1.54) is 37.4 Å². The number of nitrogens with zero attached hydrogens (tertiary/aromatic N) is 3. The molecule has 2 atom stereocenters. The zero-order valence-corrected chi connectivity index (χ0v) is 21.3. The summed E-state index contributed by atoms with van der Waals surface area (Å²) in [7, 11) is -2.30. The number of esters is 1. The van der Waals surface area contributed by atoms with Crippen LogP contribution in [-0.4, -0.2) is 66.7 Å². The van der Waals surface area contributed by atoms with E-state index in [4.69, 9.17) is 4.74 Å². The van der Waals surface area contributed by atoms with Crippen LogP contribution in [0, 0.1) is 5.82 Å². The number of ether oxygens (including phenoxy) is 1. The van der Waals surface area contributed by atoms with Crippen LogP contribution < -0.4 is 4.31 Å². The summed E-state index contributed by atoms with van der Waals surface area (Å²) >= 11 is 0. The Kier molecular flexibility index (Phi) is 9.87. The Morgan fingerprint density at radius 3 is 2.37 bits per heavy atom. The molecule has 0 radical (unpaired) electrons. The average Bonchev–Trinajstić information content (AvgIpc) is 2.76. The van der Waals surface area contributed by atoms with Gasteiger partial charge >= 0.3 is 5.97 Å². The van der Waals surface area contributed by atoms with Crippen LogP contribution in [0.25, 0.3) is 17.3 Å². The summed E-state index contributed by atoms with van der Waals surface area (Å²) in [5.74, 6) is -1.20. The van der Waals surface area contributed by atoms with Crippen LogP contribution in [0.4, 0.5) is 10.3 Å². The van der Waals surface area contributed by atoms with Gasteiger partial charge in [-0.25, -0.2) is 27.1 Å². The summed E-state index contributed by atoms with van der Waals surface area (Å²) in [6, 6.07) is 5.56. The van der Waals surface area contributed by atoms with Crippen LogP contribution in [0.2, 0.25) is 0 Å². The Bertz CT molecular complexity index is 1150. The molecule has 0 aliphatic carbocycles. The predicted octanol–water partition coefficient (Wildman–Crippen LogP) is 2.88. The lowest BCUT2D eigenvalue weighted by atomic mass is 9.97. The molecular weight excluding hydrogens is 477 g/mol. The lowest BCUT2D eigenvalue weighted by molar-refractivity contribution is -0.145. The molecule has 0 spiro atoms. The third-order valence-corrected chi connectivity index (χ3v) is 6.27. The van der Waals surface area contributed by atoms with Gasteiger partial charge in [0, 0.05) is 24.6 Å². The smallest absolute Gasteiger partial charge is 0.308 e. The molecule has 1 heterocycles. The topological polar surface area (TPSA) is 130 Å². The number of hydrogen-bond donors (Lipinski definition) is 2. The van der Waals surface area contributed by atoms with E-state index in [9.17, 15) is 27.8 Å². The number of sulfonamides is 1. The third kappa shape index (κ3) is 8.08. The first-order valence-corrected chi connectivity index (χ1v) is 13.0. The molecule has 0 fully saturated rings. The monoisotopic (exact) mass is 509 g/mol. The van der Waals surface area contributed by atoms with Crippen molar-refractivity contribution in [1.82, 2.24) is 9.97 Å². The second-order valence-electron chi connectivity index (χ2n) is 8.39. The largest absolute Gasteiger partial charge is 0.466 e. The van der Waals surface area contributed by atoms with Crippen LogP contribution in [0.5, 0.6) is 0 Å². The summed E-state index contributed by atoms with van der Waals surface area (Å²) in [6.07, 6.45) is 1.51. The van der Waals surface area contributed by atoms with Crippen LogP contribution >= 0.6 is 0 Å². The van der Waals surface area contributed by atoms with Crippen molar-refractivity contribution in [1.29, 1.82) is 0 Å². The van der Waals surface area contributed by atoms with Gasteiger partial charge in [0.15, 0.2) is 0 Å². The molecule has 0 saturated heterocycles. The van der Waals surface area contributed by atoms with E-state index in [0.717, 1.165) is 10.6 Å². The Balaban J connectivity index is 2.51. The summed E-state index contributed by atoms with van der Waals surface area (Å²) in [5, 5.41) is 20.5. The number of carbonyl (C=O) groups is 1. The lowest BCUT2D eigenvalue weighted by Crippen LogP contribution is -2.27. The van der Waals surface area contributed by atoms with Gasteiger partial charge in [0.1, 0.15) is 5.82 Å². The highest BCUT2D eigenvalue weighted by atomic mass is 32.2. The molecule has 192 valence electrons. The zero-order valence-electron chi connectivity index (χ0n) is 20.5. The number of benzene rings is 1. The molecule has 9 nitrogen and oxygen atoms in total. The van der Waals surface area contributed by atoms with Crippen LogP contribution in [0.1, 0.15) is 50.8 Å². The van der Waals surface area contributed by atoms with Gasteiger partial charge in [-0.1, -0.05) is 26.0 Å². The molecule has 0 amide bonds. The fraction of sp³-hybridized carbons (Fsp3) is 0.458. The number of aliphatic hydroxyl groups is 2. The fourth-order valence-corrected chi connectivity index (χ4v) is 3.63. The molecular formula is C24H32FN3O6S. The number of hydrogen-bond acceptors (Lipinski definition) is 8. The number of aliphatic hydroxyl groups excluding tert-OH is 2. The summed E-state index contributed by atoms with van der Waals surface area (Å²) in [4.78, 5) is 20.5. The van der Waals surface area contributed by atoms with Crippen molar-refractivity contribution in [2.24, 2.45) is 0 Å². The highest BCUT2D eigenvalue weighted by molar-refractivity contribution is 7.92. The summed E-state index contributed by atoms with van der Waals surface area (Å²) < 4.78 is 43.6. The van der Waals surface area contributed by atoms with Gasteiger partial charge < -0.3 is 14.9 Å². The van der Waals surface area contributed by atoms with Gasteiger partial charge in [0.05, 0.1) is 42.9 Å². The van der Waals surface area contributed by atoms with Gasteiger partial charge in [-0.05, 0) is 37.1 Å². The molecule has 1 aromatic heterocycles. The maximum absolute atomic E-state index is 13.6. The lowest BCUT2D eigenvalue weighted by Gasteiger charge is -2.20. The molecule has 1 aromatic carbocycles. The van der Waals surface area contributed by atoms with Crippen molar-refractivity contribution in [3.8, 4) is 11.3 Å². The number of rotatable bonds is 11. The van der Waals surface area contributed by atoms with Gasteiger partial charge in [-0.3, -0.25) is 4.79 Å². The highest BCUT2D eigenvalue weighted by Crippen LogP contribution is 2.31. The van der Waals surface area contributed by atoms with Gasteiger partial charge in [0.25, 0.3) is 0 Å². The first-order valence-electron chi connectivity index (χ1n) is 11.1. The van der Waals surface area contributed by atoms with Crippen molar-refractivity contribution in [2.45, 2.75) is 51.7 Å². The number of halogens is 1. The normalized spacial score (nSPS) is 13.7. The summed E-state index contributed by atoms with van der Waals surface area (Å²) in [5.41, 5.74) is 1.90. The highest BCUT2D eigenvalue weighted by Gasteiger charge is 2.22. The van der Waals surface area contributed by atoms with E-state index in [1.807, 2.05) is 13.8 Å². The number of aromatic nitrogens is 2. The third-order valence-electron chi connectivity index (χ3n) is 5.11. The minimum Gasteiger partial charge on any atom is -0.466 e. The molecule has 2 rings (SSSR count). The van der Waals surface area contributed by atoms with E-state index in [2.05, 4.69) is 9.97 Å². The van der Waals surface area contributed by atoms with Crippen LogP contribution in [-0.2, 0) is 19.6 Å². The maximum atomic E-state index is 13.6. The predicted molar refractivity (Wildman–Crippen MR) is 132 cm³/mol. The van der Waals surface area contributed by atoms with Crippen molar-refractivity contribution >= 4 is 28.0 Å². The first kappa shape index (κ1) is 28.3. The van der Waals surface area contributed by atoms with E-state index < -0.39 is 34.0 Å². The maximum Gasteiger partial charge on any atom is 0.308 e. The molecule has 0 saturated carbocycles. The zero-order chi connectivity index (χ0) is 26.3. The SMILES string of the molecule is CCOC(=O)CC(O)CC(O)/C=C/c1c(-c2ccc(F)cc2)nc(N(C)S(C)(=O)=O)nc1C(C)C.